The molecule has 6 heteroatoms. The molecule has 0 radical (unpaired) electrons. The molecule has 1 fully saturated rings. The summed E-state index contributed by atoms with van der Waals surface area (Å²) in [4.78, 5) is 15.2. The van der Waals surface area contributed by atoms with Crippen molar-refractivity contribution in [1.82, 2.24) is 14.8 Å². The van der Waals surface area contributed by atoms with Crippen molar-refractivity contribution in [2.75, 3.05) is 0 Å². The average Bonchev–Trinajstić information content (AvgIpc) is 3.02. The molecule has 23 heavy (non-hydrogen) atoms. The molecular formula is C17H22N4O2. The molecule has 0 saturated heterocycles. The van der Waals surface area contributed by atoms with Gasteiger partial charge < -0.3 is 0 Å². The maximum absolute atomic E-state index is 11.4. The third-order valence-electron chi connectivity index (χ3n) is 4.70. The molecule has 0 bridgehead atoms. The predicted molar refractivity (Wildman–Crippen MR) is 88.0 cm³/mol. The third kappa shape index (κ3) is 3.41. The third-order valence-corrected chi connectivity index (χ3v) is 4.70. The van der Waals surface area contributed by atoms with Crippen molar-refractivity contribution in [3.05, 3.63) is 40.7 Å². The Balaban J connectivity index is 1.83. The van der Waals surface area contributed by atoms with Crippen LogP contribution >= 0.6 is 0 Å². The normalized spacial score (nSPS) is 21.3. The summed E-state index contributed by atoms with van der Waals surface area (Å²) in [5, 5.41) is 15.9. The number of hydrogen-bond donors (Lipinski definition) is 0. The van der Waals surface area contributed by atoms with Crippen LogP contribution < -0.4 is 0 Å². The Bertz CT molecular complexity index is 660. The number of rotatable bonds is 5. The maximum atomic E-state index is 11.4. The van der Waals surface area contributed by atoms with Gasteiger partial charge in [-0.1, -0.05) is 25.8 Å². The van der Waals surface area contributed by atoms with Crippen LogP contribution in [0.25, 0.3) is 11.4 Å². The second-order valence-corrected chi connectivity index (χ2v) is 6.28. The first kappa shape index (κ1) is 15.6. The molecule has 3 rings (SSSR count). The monoisotopic (exact) mass is 314 g/mol. The van der Waals surface area contributed by atoms with Crippen LogP contribution in [0.1, 0.15) is 51.5 Å². The Hall–Kier alpha value is -2.24. The summed E-state index contributed by atoms with van der Waals surface area (Å²) in [5.74, 6) is 0.803. The lowest BCUT2D eigenvalue weighted by Gasteiger charge is -2.28. The summed E-state index contributed by atoms with van der Waals surface area (Å²) in [5.41, 5.74) is 0.961. The second-order valence-electron chi connectivity index (χ2n) is 6.28. The van der Waals surface area contributed by atoms with E-state index in [1.165, 1.54) is 25.7 Å². The molecule has 2 aromatic heterocycles. The van der Waals surface area contributed by atoms with E-state index < -0.39 is 0 Å². The molecule has 1 saturated carbocycles. The molecule has 0 spiro atoms. The fourth-order valence-corrected chi connectivity index (χ4v) is 3.49. The quantitative estimate of drug-likeness (QED) is 0.606. The topological polar surface area (TPSA) is 73.8 Å². The Morgan fingerprint density at radius 3 is 2.70 bits per heavy atom. The Kier molecular flexibility index (Phi) is 4.69. The van der Waals surface area contributed by atoms with E-state index in [-0.39, 0.29) is 16.7 Å². The zero-order valence-corrected chi connectivity index (χ0v) is 13.4. The molecule has 2 heterocycles. The van der Waals surface area contributed by atoms with Gasteiger partial charge in [0.2, 0.25) is 0 Å². The minimum Gasteiger partial charge on any atom is -0.262 e. The van der Waals surface area contributed by atoms with Gasteiger partial charge in [-0.15, -0.1) is 0 Å². The number of pyridine rings is 1. The van der Waals surface area contributed by atoms with E-state index in [1.807, 2.05) is 6.07 Å². The molecule has 0 aromatic carbocycles. The first-order chi connectivity index (χ1) is 11.2. The van der Waals surface area contributed by atoms with Crippen LogP contribution in [0, 0.1) is 16.0 Å². The van der Waals surface area contributed by atoms with Crippen LogP contribution in [0.15, 0.2) is 30.6 Å². The molecule has 0 unspecified atom stereocenters. The van der Waals surface area contributed by atoms with Crippen LogP contribution in [0.4, 0.5) is 5.69 Å². The summed E-state index contributed by atoms with van der Waals surface area (Å²) < 4.78 is 1.80. The average molecular weight is 314 g/mol. The van der Waals surface area contributed by atoms with Crippen molar-refractivity contribution in [2.45, 2.75) is 51.5 Å². The van der Waals surface area contributed by atoms with E-state index in [0.717, 1.165) is 18.8 Å². The van der Waals surface area contributed by atoms with Gasteiger partial charge in [0.05, 0.1) is 16.7 Å². The van der Waals surface area contributed by atoms with Crippen molar-refractivity contribution >= 4 is 5.69 Å². The summed E-state index contributed by atoms with van der Waals surface area (Å²) in [7, 11) is 0. The highest BCUT2D eigenvalue weighted by Gasteiger charge is 2.27. The smallest absolute Gasteiger partial charge is 0.262 e. The molecule has 0 atom stereocenters. The molecule has 1 aliphatic rings. The molecule has 0 amide bonds. The minimum absolute atomic E-state index is 0.0411. The number of aromatic nitrogens is 3. The van der Waals surface area contributed by atoms with Gasteiger partial charge in [-0.25, -0.2) is 0 Å². The molecule has 0 aliphatic heterocycles. The number of nitrogens with zero attached hydrogens (tertiary/aromatic N) is 4. The second kappa shape index (κ2) is 6.89. The van der Waals surface area contributed by atoms with Crippen LogP contribution in [-0.4, -0.2) is 19.7 Å². The van der Waals surface area contributed by atoms with Gasteiger partial charge >= 0.3 is 5.69 Å². The van der Waals surface area contributed by atoms with E-state index in [2.05, 4.69) is 17.0 Å². The number of hydrogen-bond acceptors (Lipinski definition) is 4. The maximum Gasteiger partial charge on any atom is 0.316 e. The first-order valence-electron chi connectivity index (χ1n) is 8.34. The van der Waals surface area contributed by atoms with Gasteiger partial charge in [-0.2, -0.15) is 5.10 Å². The largest absolute Gasteiger partial charge is 0.316 e. The van der Waals surface area contributed by atoms with Crippen molar-refractivity contribution in [1.29, 1.82) is 0 Å². The van der Waals surface area contributed by atoms with Crippen LogP contribution in [0.3, 0.4) is 0 Å². The lowest BCUT2D eigenvalue weighted by Crippen LogP contribution is -2.18. The van der Waals surface area contributed by atoms with Gasteiger partial charge in [-0.3, -0.25) is 19.8 Å². The van der Waals surface area contributed by atoms with Gasteiger partial charge in [0.25, 0.3) is 0 Å². The SMILES string of the molecule is CCCC1CCC(n2cc([N+](=O)[O-])c(-c3ccccn3)n2)CC1. The van der Waals surface area contributed by atoms with E-state index >= 15 is 0 Å². The van der Waals surface area contributed by atoms with Crippen molar-refractivity contribution in [3.63, 3.8) is 0 Å². The highest BCUT2D eigenvalue weighted by Crippen LogP contribution is 2.36. The van der Waals surface area contributed by atoms with Crippen molar-refractivity contribution < 1.29 is 4.92 Å². The minimum atomic E-state index is -0.365. The Labute approximate surface area is 135 Å². The van der Waals surface area contributed by atoms with Gasteiger partial charge in [0.15, 0.2) is 5.69 Å². The van der Waals surface area contributed by atoms with E-state index in [9.17, 15) is 10.1 Å². The van der Waals surface area contributed by atoms with Gasteiger partial charge in [0.1, 0.15) is 6.20 Å². The zero-order chi connectivity index (χ0) is 16.2. The van der Waals surface area contributed by atoms with Crippen LogP contribution in [0.5, 0.6) is 0 Å². The fraction of sp³-hybridized carbons (Fsp3) is 0.529. The van der Waals surface area contributed by atoms with E-state index in [0.29, 0.717) is 11.4 Å². The van der Waals surface area contributed by atoms with Crippen LogP contribution in [0.2, 0.25) is 0 Å². The molecule has 1 aliphatic carbocycles. The first-order valence-corrected chi connectivity index (χ1v) is 8.34. The van der Waals surface area contributed by atoms with Crippen LogP contribution in [-0.2, 0) is 0 Å². The molecule has 0 N–H and O–H groups in total. The predicted octanol–water partition coefficient (Wildman–Crippen LogP) is 4.38. The summed E-state index contributed by atoms with van der Waals surface area (Å²) in [6.45, 7) is 2.22. The molecule has 2 aromatic rings. The van der Waals surface area contributed by atoms with Crippen molar-refractivity contribution in [2.24, 2.45) is 5.92 Å². The Morgan fingerprint density at radius 2 is 2.09 bits per heavy atom. The molecule has 6 nitrogen and oxygen atoms in total. The van der Waals surface area contributed by atoms with Gasteiger partial charge in [0, 0.05) is 6.20 Å². The Morgan fingerprint density at radius 1 is 1.30 bits per heavy atom. The lowest BCUT2D eigenvalue weighted by atomic mass is 9.83. The lowest BCUT2D eigenvalue weighted by molar-refractivity contribution is -0.384. The summed E-state index contributed by atoms with van der Waals surface area (Å²) in [6, 6.07) is 5.64. The summed E-state index contributed by atoms with van der Waals surface area (Å²) in [6.07, 6.45) is 10.2. The number of nitro groups is 1. The van der Waals surface area contributed by atoms with Gasteiger partial charge in [-0.05, 0) is 43.7 Å². The highest BCUT2D eigenvalue weighted by molar-refractivity contribution is 5.65. The fourth-order valence-electron chi connectivity index (χ4n) is 3.49. The highest BCUT2D eigenvalue weighted by atomic mass is 16.6. The molecule has 122 valence electrons. The van der Waals surface area contributed by atoms with E-state index in [4.69, 9.17) is 0 Å². The standard InChI is InChI=1S/C17H22N4O2/c1-2-5-13-7-9-14(10-8-13)20-12-16(21(22)23)17(19-20)15-6-3-4-11-18-15/h3-4,6,11-14H,2,5,7-10H2,1H3. The summed E-state index contributed by atoms with van der Waals surface area (Å²) >= 11 is 0. The van der Waals surface area contributed by atoms with E-state index in [1.54, 1.807) is 29.2 Å². The zero-order valence-electron chi connectivity index (χ0n) is 13.4. The molecular weight excluding hydrogens is 292 g/mol. The van der Waals surface area contributed by atoms with Crippen molar-refractivity contribution in [3.8, 4) is 11.4 Å².